The zero-order valence-corrected chi connectivity index (χ0v) is 11.5. The molecule has 4 aromatic rings. The van der Waals surface area contributed by atoms with Crippen molar-refractivity contribution >= 4 is 5.65 Å². The number of rotatable bonds is 5. The van der Waals surface area contributed by atoms with E-state index < -0.39 is 0 Å². The van der Waals surface area contributed by atoms with Gasteiger partial charge in [-0.2, -0.15) is 10.4 Å². The van der Waals surface area contributed by atoms with Gasteiger partial charge >= 0.3 is 0 Å². The number of pyridine rings is 1. The Morgan fingerprint density at radius 3 is 2.77 bits per heavy atom. The van der Waals surface area contributed by atoms with Crippen molar-refractivity contribution in [2.24, 2.45) is 0 Å². The molecule has 10 heteroatoms. The number of H-pyrrole nitrogens is 2. The monoisotopic (exact) mass is 296 g/mol. The van der Waals surface area contributed by atoms with Gasteiger partial charge in [-0.3, -0.25) is 0 Å². The van der Waals surface area contributed by atoms with E-state index in [4.69, 9.17) is 0 Å². The van der Waals surface area contributed by atoms with E-state index in [1.165, 1.54) is 0 Å². The lowest BCUT2D eigenvalue weighted by Gasteiger charge is -2.02. The number of imidazole rings is 1. The van der Waals surface area contributed by atoms with Gasteiger partial charge < -0.3 is 4.40 Å². The predicted molar refractivity (Wildman–Crippen MR) is 74.6 cm³/mol. The summed E-state index contributed by atoms with van der Waals surface area (Å²) >= 11 is 0. The summed E-state index contributed by atoms with van der Waals surface area (Å²) in [6.07, 6.45) is 6.42. The van der Waals surface area contributed by atoms with E-state index in [1.54, 1.807) is 0 Å². The van der Waals surface area contributed by atoms with Crippen LogP contribution in [0.3, 0.4) is 0 Å². The van der Waals surface area contributed by atoms with Crippen molar-refractivity contribution in [1.82, 2.24) is 50.6 Å². The molecule has 0 saturated heterocycles. The first kappa shape index (κ1) is 12.6. The number of fused-ring (bicyclic) bond motifs is 1. The second kappa shape index (κ2) is 5.31. The lowest BCUT2D eigenvalue weighted by atomic mass is 10.1. The third-order valence-corrected chi connectivity index (χ3v) is 3.37. The first-order chi connectivity index (χ1) is 10.9. The molecule has 0 atom stereocenters. The molecule has 0 aromatic carbocycles. The van der Waals surface area contributed by atoms with E-state index >= 15 is 0 Å². The molecule has 4 rings (SSSR count). The fourth-order valence-electron chi connectivity index (χ4n) is 2.37. The van der Waals surface area contributed by atoms with Crippen LogP contribution >= 0.6 is 0 Å². The molecule has 0 saturated carbocycles. The van der Waals surface area contributed by atoms with Gasteiger partial charge in [0.25, 0.3) is 0 Å². The summed E-state index contributed by atoms with van der Waals surface area (Å²) in [6, 6.07) is 4.07. The molecule has 2 N–H and O–H groups in total. The van der Waals surface area contributed by atoms with E-state index in [0.29, 0.717) is 11.5 Å². The summed E-state index contributed by atoms with van der Waals surface area (Å²) in [6.45, 7) is 0. The number of nitrogens with one attached hydrogen (secondary N) is 2. The summed E-state index contributed by atoms with van der Waals surface area (Å²) in [5, 5.41) is 27.8. The summed E-state index contributed by atoms with van der Waals surface area (Å²) < 4.78 is 1.97. The van der Waals surface area contributed by atoms with Crippen molar-refractivity contribution in [2.45, 2.75) is 19.3 Å². The summed E-state index contributed by atoms with van der Waals surface area (Å²) in [5.74, 6) is 1.21. The van der Waals surface area contributed by atoms with E-state index in [9.17, 15) is 0 Å². The average Bonchev–Trinajstić information content (AvgIpc) is 3.28. The Labute approximate surface area is 124 Å². The maximum absolute atomic E-state index is 4.60. The molecule has 0 aliphatic heterocycles. The third-order valence-electron chi connectivity index (χ3n) is 3.37. The van der Waals surface area contributed by atoms with Gasteiger partial charge in [0.05, 0.1) is 0 Å². The van der Waals surface area contributed by atoms with Crippen LogP contribution in [-0.2, 0) is 12.8 Å². The topological polar surface area (TPSA) is 126 Å². The normalized spacial score (nSPS) is 11.3. The minimum Gasteiger partial charge on any atom is -0.306 e. The van der Waals surface area contributed by atoms with Crippen molar-refractivity contribution < 1.29 is 0 Å². The van der Waals surface area contributed by atoms with Gasteiger partial charge in [-0.15, -0.1) is 20.4 Å². The third kappa shape index (κ3) is 2.30. The molecule has 0 unspecified atom stereocenters. The summed E-state index contributed by atoms with van der Waals surface area (Å²) in [7, 11) is 0. The molecule has 10 nitrogen and oxygen atoms in total. The minimum absolute atomic E-state index is 0.487. The molecule has 0 spiro atoms. The highest BCUT2D eigenvalue weighted by Gasteiger charge is 2.11. The molecule has 0 aliphatic rings. The average molecular weight is 296 g/mol. The molecule has 110 valence electrons. The highest BCUT2D eigenvalue weighted by molar-refractivity contribution is 5.58. The Hall–Kier alpha value is -3.17. The van der Waals surface area contributed by atoms with Crippen LogP contribution in [0.5, 0.6) is 0 Å². The fraction of sp³-hybridized carbons (Fsp3) is 0.250. The molecular weight excluding hydrogens is 284 g/mol. The maximum atomic E-state index is 4.60. The predicted octanol–water partition coefficient (Wildman–Crippen LogP) is 0.203. The van der Waals surface area contributed by atoms with Gasteiger partial charge in [-0.05, 0) is 29.7 Å². The van der Waals surface area contributed by atoms with Crippen molar-refractivity contribution in [3.63, 3.8) is 0 Å². The van der Waals surface area contributed by atoms with Gasteiger partial charge in [0.1, 0.15) is 11.3 Å². The number of aromatic amines is 2. The van der Waals surface area contributed by atoms with E-state index in [0.717, 1.165) is 36.3 Å². The Balaban J connectivity index is 1.58. The van der Waals surface area contributed by atoms with Gasteiger partial charge in [-0.1, -0.05) is 11.3 Å². The van der Waals surface area contributed by atoms with E-state index in [2.05, 4.69) is 52.3 Å². The Kier molecular flexibility index (Phi) is 3.03. The minimum atomic E-state index is 0.487. The van der Waals surface area contributed by atoms with Crippen LogP contribution in [0.15, 0.2) is 24.5 Å². The van der Waals surface area contributed by atoms with Crippen LogP contribution in [-0.4, -0.2) is 50.6 Å². The maximum Gasteiger partial charge on any atom is 0.224 e. The lowest BCUT2D eigenvalue weighted by Crippen LogP contribution is -1.95. The largest absolute Gasteiger partial charge is 0.306 e. The molecule has 4 aromatic heterocycles. The zero-order chi connectivity index (χ0) is 14.8. The quantitative estimate of drug-likeness (QED) is 0.538. The number of nitrogens with zero attached hydrogens (tertiary/aromatic N) is 8. The molecule has 0 bridgehead atoms. The lowest BCUT2D eigenvalue weighted by molar-refractivity contribution is 0.773. The van der Waals surface area contributed by atoms with Gasteiger partial charge in [-0.25, -0.2) is 4.98 Å². The fourth-order valence-corrected chi connectivity index (χ4v) is 2.37. The number of hydrogen-bond donors (Lipinski definition) is 2. The van der Waals surface area contributed by atoms with Crippen molar-refractivity contribution in [3.05, 3.63) is 35.9 Å². The van der Waals surface area contributed by atoms with Crippen LogP contribution in [0.25, 0.3) is 17.2 Å². The highest BCUT2D eigenvalue weighted by atomic mass is 15.5. The first-order valence-electron chi connectivity index (χ1n) is 6.83. The molecule has 0 radical (unpaired) electrons. The Morgan fingerprint density at radius 2 is 1.95 bits per heavy atom. The van der Waals surface area contributed by atoms with Gasteiger partial charge in [0.15, 0.2) is 5.82 Å². The second-order valence-electron chi connectivity index (χ2n) is 4.81. The zero-order valence-electron chi connectivity index (χ0n) is 11.5. The smallest absolute Gasteiger partial charge is 0.224 e. The summed E-state index contributed by atoms with van der Waals surface area (Å²) in [4.78, 5) is 4.60. The number of hydrogen-bond acceptors (Lipinski definition) is 7. The second-order valence-corrected chi connectivity index (χ2v) is 4.81. The molecule has 4 heterocycles. The van der Waals surface area contributed by atoms with Crippen LogP contribution in [0.4, 0.5) is 0 Å². The van der Waals surface area contributed by atoms with E-state index in [1.807, 2.05) is 22.9 Å². The molecule has 0 fully saturated rings. The van der Waals surface area contributed by atoms with Crippen LogP contribution in [0.2, 0.25) is 0 Å². The summed E-state index contributed by atoms with van der Waals surface area (Å²) in [5.41, 5.74) is 2.75. The van der Waals surface area contributed by atoms with Crippen LogP contribution < -0.4 is 0 Å². The Bertz CT molecular complexity index is 861. The van der Waals surface area contributed by atoms with Crippen LogP contribution in [0, 0.1) is 0 Å². The van der Waals surface area contributed by atoms with Crippen molar-refractivity contribution in [1.29, 1.82) is 0 Å². The SMILES string of the molecule is c1cc(CCCc2nn[nH]n2)c2nc(-c3nn[nH]n3)cn2c1. The Morgan fingerprint density at radius 1 is 1.05 bits per heavy atom. The molecular formula is C12H12N10. The number of aromatic nitrogens is 10. The van der Waals surface area contributed by atoms with Crippen LogP contribution in [0.1, 0.15) is 17.8 Å². The van der Waals surface area contributed by atoms with Gasteiger partial charge in [0.2, 0.25) is 5.82 Å². The standard InChI is InChI=1S/C12H12N10/c1(5-10-14-18-19-15-10)3-8-4-2-6-22-7-9(13-12(8)22)11-16-20-21-17-11/h2,4,6-7H,1,3,5H2,(H,14,15,18,19)(H,16,17,20,21). The van der Waals surface area contributed by atoms with Gasteiger partial charge in [0, 0.05) is 18.8 Å². The number of aryl methyl sites for hydroxylation is 2. The number of tetrazole rings is 2. The van der Waals surface area contributed by atoms with Crippen molar-refractivity contribution in [2.75, 3.05) is 0 Å². The first-order valence-corrected chi connectivity index (χ1v) is 6.83. The van der Waals surface area contributed by atoms with Crippen molar-refractivity contribution in [3.8, 4) is 11.5 Å². The molecule has 0 amide bonds. The highest BCUT2D eigenvalue weighted by Crippen LogP contribution is 2.18. The molecule has 0 aliphatic carbocycles. The van der Waals surface area contributed by atoms with E-state index in [-0.39, 0.29) is 0 Å². The molecule has 22 heavy (non-hydrogen) atoms.